The largest absolute Gasteiger partial charge is 0.455 e. The standard InChI is InChI=1S/C47H36BN2O/c1-30(31-12-3-2-4-13-31)42-19-9-10-21-44(48-42)50-47(49)40-29-41-45-37(18-11-20-43(45)51-46(41)39-17-8-7-16-38(39)40)34-25-22-33(23-26-34)36-27-24-32-14-5-6-15-35(32)28-36/h2-30,42,44H,1H3,(H2,49,50). The van der Waals surface area contributed by atoms with Crippen molar-refractivity contribution in [3.05, 3.63) is 181 Å². The summed E-state index contributed by atoms with van der Waals surface area (Å²) < 4.78 is 6.64. The van der Waals surface area contributed by atoms with Crippen molar-refractivity contribution in [2.75, 3.05) is 0 Å². The molecule has 51 heavy (non-hydrogen) atoms. The third-order valence-electron chi connectivity index (χ3n) is 10.4. The monoisotopic (exact) mass is 655 g/mol. The first-order chi connectivity index (χ1) is 25.1. The summed E-state index contributed by atoms with van der Waals surface area (Å²) >= 11 is 0. The van der Waals surface area contributed by atoms with Crippen LogP contribution in [0.5, 0.6) is 0 Å². The van der Waals surface area contributed by atoms with Gasteiger partial charge in [-0.1, -0.05) is 159 Å². The molecule has 0 amide bonds. The molecule has 8 aromatic rings. The van der Waals surface area contributed by atoms with Gasteiger partial charge < -0.3 is 10.2 Å². The highest BCUT2D eigenvalue weighted by molar-refractivity contribution is 6.42. The van der Waals surface area contributed by atoms with E-state index in [9.17, 15) is 0 Å². The molecular formula is C47H36BN2O. The van der Waals surface area contributed by atoms with Crippen LogP contribution in [-0.4, -0.2) is 19.1 Å². The molecule has 4 heteroatoms. The summed E-state index contributed by atoms with van der Waals surface area (Å²) in [6, 6.07) is 51.5. The first kappa shape index (κ1) is 30.9. The van der Waals surface area contributed by atoms with E-state index in [1.165, 1.54) is 27.5 Å². The van der Waals surface area contributed by atoms with Gasteiger partial charge in [0.1, 0.15) is 17.0 Å². The molecule has 9 rings (SSSR count). The van der Waals surface area contributed by atoms with Crippen molar-refractivity contribution in [1.82, 2.24) is 0 Å². The molecule has 243 valence electrons. The Morgan fingerprint density at radius 2 is 1.35 bits per heavy atom. The maximum absolute atomic E-state index is 6.98. The Balaban J connectivity index is 1.11. The van der Waals surface area contributed by atoms with E-state index >= 15 is 0 Å². The highest BCUT2D eigenvalue weighted by atomic mass is 16.3. The molecule has 0 saturated carbocycles. The highest BCUT2D eigenvalue weighted by Crippen LogP contribution is 2.41. The number of hydrogen-bond acceptors (Lipinski definition) is 2. The quantitative estimate of drug-likeness (QED) is 0.110. The van der Waals surface area contributed by atoms with Crippen molar-refractivity contribution in [1.29, 1.82) is 0 Å². The highest BCUT2D eigenvalue weighted by Gasteiger charge is 2.24. The summed E-state index contributed by atoms with van der Waals surface area (Å²) in [7, 11) is 2.30. The van der Waals surface area contributed by atoms with Gasteiger partial charge in [-0.15, -0.1) is 0 Å². The lowest BCUT2D eigenvalue weighted by molar-refractivity contribution is 0.673. The Kier molecular flexibility index (Phi) is 7.85. The number of amidine groups is 1. The van der Waals surface area contributed by atoms with Crippen molar-refractivity contribution < 1.29 is 4.42 Å². The molecule has 7 aromatic carbocycles. The molecule has 1 aliphatic heterocycles. The number of rotatable bonds is 6. The normalized spacial score (nSPS) is 16.8. The van der Waals surface area contributed by atoms with Crippen LogP contribution in [0.3, 0.4) is 0 Å². The summed E-state index contributed by atoms with van der Waals surface area (Å²) in [5, 5.41) is 6.64. The molecule has 0 saturated heterocycles. The molecule has 1 aromatic heterocycles. The molecule has 2 heterocycles. The van der Waals surface area contributed by atoms with Crippen LogP contribution in [0, 0.1) is 0 Å². The average Bonchev–Trinajstić information content (AvgIpc) is 3.42. The lowest BCUT2D eigenvalue weighted by atomic mass is 9.54. The topological polar surface area (TPSA) is 51.5 Å². The number of allylic oxidation sites excluding steroid dienone is 3. The Hall–Kier alpha value is -6.13. The van der Waals surface area contributed by atoms with Gasteiger partial charge in [0, 0.05) is 27.7 Å². The first-order valence-corrected chi connectivity index (χ1v) is 17.7. The molecule has 1 radical (unpaired) electrons. The third kappa shape index (κ3) is 5.73. The summed E-state index contributed by atoms with van der Waals surface area (Å²) in [4.78, 5) is 5.13. The summed E-state index contributed by atoms with van der Waals surface area (Å²) in [6.07, 6.45) is 8.59. The van der Waals surface area contributed by atoms with Crippen LogP contribution in [0.1, 0.15) is 24.0 Å². The van der Waals surface area contributed by atoms with E-state index < -0.39 is 0 Å². The second-order valence-corrected chi connectivity index (χ2v) is 13.5. The predicted octanol–water partition coefficient (Wildman–Crippen LogP) is 11.7. The van der Waals surface area contributed by atoms with E-state index in [1.54, 1.807) is 0 Å². The van der Waals surface area contributed by atoms with Crippen molar-refractivity contribution >= 4 is 56.6 Å². The molecule has 3 unspecified atom stereocenters. The molecule has 0 bridgehead atoms. The minimum atomic E-state index is -0.164. The van der Waals surface area contributed by atoms with E-state index in [4.69, 9.17) is 15.1 Å². The Bertz CT molecular complexity index is 2650. The second-order valence-electron chi connectivity index (χ2n) is 13.5. The molecular weight excluding hydrogens is 619 g/mol. The van der Waals surface area contributed by atoms with Crippen molar-refractivity contribution in [2.24, 2.45) is 10.7 Å². The Labute approximate surface area is 298 Å². The van der Waals surface area contributed by atoms with Crippen molar-refractivity contribution in [3.8, 4) is 22.3 Å². The van der Waals surface area contributed by atoms with Crippen LogP contribution in [0.25, 0.3) is 65.7 Å². The third-order valence-corrected chi connectivity index (χ3v) is 10.4. The van der Waals surface area contributed by atoms with Crippen LogP contribution in [0.2, 0.25) is 5.82 Å². The molecule has 0 aliphatic carbocycles. The van der Waals surface area contributed by atoms with Gasteiger partial charge in [0.2, 0.25) is 0 Å². The van der Waals surface area contributed by atoms with E-state index in [0.717, 1.165) is 49.4 Å². The Morgan fingerprint density at radius 3 is 2.20 bits per heavy atom. The van der Waals surface area contributed by atoms with Crippen molar-refractivity contribution in [3.63, 3.8) is 0 Å². The van der Waals surface area contributed by atoms with E-state index in [0.29, 0.717) is 11.8 Å². The minimum Gasteiger partial charge on any atom is -0.455 e. The van der Waals surface area contributed by atoms with Crippen LogP contribution >= 0.6 is 0 Å². The number of nitrogens with two attached hydrogens (primary N) is 1. The fourth-order valence-corrected chi connectivity index (χ4v) is 7.67. The average molecular weight is 656 g/mol. The van der Waals surface area contributed by atoms with Gasteiger partial charge >= 0.3 is 0 Å². The van der Waals surface area contributed by atoms with Gasteiger partial charge in [0.05, 0.1) is 0 Å². The Morgan fingerprint density at radius 1 is 0.647 bits per heavy atom. The fourth-order valence-electron chi connectivity index (χ4n) is 7.67. The SMILES string of the molecule is CC(c1ccccc1)C1[B]C(N=C(N)c2cc3c(oc4cccc(-c5ccc(-c6ccc7ccccc7c6)cc5)c43)c3ccccc23)C=CC=C1. The molecule has 1 aliphatic rings. The number of fused-ring (bicyclic) bond motifs is 6. The van der Waals surface area contributed by atoms with Crippen molar-refractivity contribution in [2.45, 2.75) is 24.6 Å². The van der Waals surface area contributed by atoms with Crippen LogP contribution in [0.15, 0.2) is 179 Å². The number of furan rings is 1. The summed E-state index contributed by atoms with van der Waals surface area (Å²) in [6.45, 7) is 2.27. The molecule has 0 fully saturated rings. The minimum absolute atomic E-state index is 0.164. The molecule has 3 atom stereocenters. The zero-order valence-electron chi connectivity index (χ0n) is 28.4. The number of nitrogens with zero attached hydrogens (tertiary/aromatic N) is 1. The maximum atomic E-state index is 6.98. The van der Waals surface area contributed by atoms with Crippen LogP contribution in [-0.2, 0) is 0 Å². The van der Waals surface area contributed by atoms with Gasteiger partial charge in [0.15, 0.2) is 7.28 Å². The lowest BCUT2D eigenvalue weighted by Crippen LogP contribution is -2.24. The van der Waals surface area contributed by atoms with Gasteiger partial charge in [-0.25, -0.2) is 0 Å². The second kappa shape index (κ2) is 13.0. The van der Waals surface area contributed by atoms with Crippen LogP contribution < -0.4 is 5.73 Å². The fraction of sp³-hybridized carbons (Fsp3) is 0.0851. The predicted molar refractivity (Wildman–Crippen MR) is 217 cm³/mol. The molecule has 2 N–H and O–H groups in total. The maximum Gasteiger partial charge on any atom is 0.158 e. The zero-order chi connectivity index (χ0) is 34.3. The molecule has 0 spiro atoms. The smallest absolute Gasteiger partial charge is 0.158 e. The summed E-state index contributed by atoms with van der Waals surface area (Å²) in [5.74, 6) is 0.883. The summed E-state index contributed by atoms with van der Waals surface area (Å²) in [5.41, 5.74) is 15.6. The lowest BCUT2D eigenvalue weighted by Gasteiger charge is -2.22. The number of benzene rings is 7. The van der Waals surface area contributed by atoms with Gasteiger partial charge in [-0.05, 0) is 73.9 Å². The number of aliphatic imine (C=N–C) groups is 1. The number of hydrogen-bond donors (Lipinski definition) is 1. The van der Waals surface area contributed by atoms with E-state index in [2.05, 4.69) is 184 Å². The van der Waals surface area contributed by atoms with E-state index in [-0.39, 0.29) is 11.8 Å². The van der Waals surface area contributed by atoms with Gasteiger partial charge in [-0.3, -0.25) is 4.99 Å². The zero-order valence-corrected chi connectivity index (χ0v) is 28.4. The van der Waals surface area contributed by atoms with Gasteiger partial charge in [-0.2, -0.15) is 0 Å². The first-order valence-electron chi connectivity index (χ1n) is 17.7. The van der Waals surface area contributed by atoms with Crippen LogP contribution in [0.4, 0.5) is 0 Å². The molecule has 3 nitrogen and oxygen atoms in total. The van der Waals surface area contributed by atoms with E-state index in [1.807, 2.05) is 0 Å². The van der Waals surface area contributed by atoms with Gasteiger partial charge in [0.25, 0.3) is 0 Å².